The molecule has 0 heterocycles. The van der Waals surface area contributed by atoms with Gasteiger partial charge in [-0.15, -0.1) is 0 Å². The van der Waals surface area contributed by atoms with Crippen LogP contribution in [-0.2, 0) is 0 Å². The van der Waals surface area contributed by atoms with Crippen LogP contribution in [0, 0.1) is 32.6 Å². The molecule has 2 heteroatoms. The Morgan fingerprint density at radius 1 is 1.05 bits per heavy atom. The fourth-order valence-corrected chi connectivity index (χ4v) is 3.87. The molecule has 2 aliphatic rings. The first-order valence-electron chi connectivity index (χ1n) is 7.43. The van der Waals surface area contributed by atoms with E-state index in [4.69, 9.17) is 0 Å². The molecular formula is C17H23NO. The summed E-state index contributed by atoms with van der Waals surface area (Å²) in [6.45, 7) is 6.20. The molecule has 0 saturated heterocycles. The van der Waals surface area contributed by atoms with Crippen molar-refractivity contribution >= 4 is 5.91 Å². The van der Waals surface area contributed by atoms with Crippen LogP contribution in [0.1, 0.15) is 52.7 Å². The van der Waals surface area contributed by atoms with Crippen molar-refractivity contribution in [2.45, 2.75) is 52.5 Å². The predicted molar refractivity (Wildman–Crippen MR) is 77.4 cm³/mol. The fourth-order valence-electron chi connectivity index (χ4n) is 3.87. The zero-order chi connectivity index (χ0) is 13.6. The number of fused-ring (bicyclic) bond motifs is 2. The monoisotopic (exact) mass is 257 g/mol. The Morgan fingerprint density at radius 2 is 1.79 bits per heavy atom. The fraction of sp³-hybridized carbons (Fsp3) is 0.588. The Labute approximate surface area is 115 Å². The normalized spacial score (nSPS) is 28.7. The molecule has 0 aliphatic heterocycles. The molecule has 1 amide bonds. The highest BCUT2D eigenvalue weighted by Crippen LogP contribution is 2.44. The Bertz CT molecular complexity index is 520. The predicted octanol–water partition coefficient (Wildman–Crippen LogP) is 3.53. The summed E-state index contributed by atoms with van der Waals surface area (Å²) in [5.74, 6) is 1.73. The van der Waals surface area contributed by atoms with Gasteiger partial charge in [0.25, 0.3) is 5.91 Å². The van der Waals surface area contributed by atoms with Crippen LogP contribution in [-0.4, -0.2) is 11.9 Å². The second-order valence-electron chi connectivity index (χ2n) is 6.51. The van der Waals surface area contributed by atoms with E-state index in [2.05, 4.69) is 25.2 Å². The number of benzene rings is 1. The molecule has 0 radical (unpaired) electrons. The van der Waals surface area contributed by atoms with Gasteiger partial charge in [0.05, 0.1) is 0 Å². The number of carbonyl (C=O) groups is 1. The van der Waals surface area contributed by atoms with Crippen LogP contribution in [0.2, 0.25) is 0 Å². The van der Waals surface area contributed by atoms with Gasteiger partial charge in [-0.3, -0.25) is 4.79 Å². The molecule has 2 fully saturated rings. The minimum absolute atomic E-state index is 0.123. The average molecular weight is 257 g/mol. The summed E-state index contributed by atoms with van der Waals surface area (Å²) < 4.78 is 0. The van der Waals surface area contributed by atoms with E-state index >= 15 is 0 Å². The van der Waals surface area contributed by atoms with Crippen LogP contribution in [0.5, 0.6) is 0 Å². The second kappa shape index (κ2) is 4.66. The largest absolute Gasteiger partial charge is 0.349 e. The maximum Gasteiger partial charge on any atom is 0.251 e. The van der Waals surface area contributed by atoms with Gasteiger partial charge in [-0.05, 0) is 74.6 Å². The number of carbonyl (C=O) groups excluding carboxylic acids is 1. The minimum atomic E-state index is 0.123. The molecule has 2 bridgehead atoms. The van der Waals surface area contributed by atoms with E-state index in [0.717, 1.165) is 23.0 Å². The molecule has 1 aromatic rings. The number of hydrogen-bond donors (Lipinski definition) is 1. The average Bonchev–Trinajstić information content (AvgIpc) is 2.95. The van der Waals surface area contributed by atoms with Gasteiger partial charge in [-0.25, -0.2) is 0 Å². The third-order valence-corrected chi connectivity index (χ3v) is 5.14. The summed E-state index contributed by atoms with van der Waals surface area (Å²) >= 11 is 0. The third-order valence-electron chi connectivity index (χ3n) is 5.14. The van der Waals surface area contributed by atoms with E-state index in [0.29, 0.717) is 6.04 Å². The smallest absolute Gasteiger partial charge is 0.251 e. The number of aryl methyl sites for hydroxylation is 3. The zero-order valence-corrected chi connectivity index (χ0v) is 12.1. The summed E-state index contributed by atoms with van der Waals surface area (Å²) in [6, 6.07) is 4.57. The molecule has 102 valence electrons. The van der Waals surface area contributed by atoms with Crippen molar-refractivity contribution in [3.8, 4) is 0 Å². The summed E-state index contributed by atoms with van der Waals surface area (Å²) in [7, 11) is 0. The van der Waals surface area contributed by atoms with Gasteiger partial charge in [0, 0.05) is 11.6 Å². The molecule has 2 saturated carbocycles. The van der Waals surface area contributed by atoms with Gasteiger partial charge in [-0.2, -0.15) is 0 Å². The number of hydrogen-bond acceptors (Lipinski definition) is 1. The van der Waals surface area contributed by atoms with E-state index in [1.165, 1.54) is 36.8 Å². The van der Waals surface area contributed by atoms with Crippen molar-refractivity contribution in [3.05, 3.63) is 34.4 Å². The SMILES string of the molecule is Cc1cc(C)c(C(=O)N[C@H]2C[C@H]3CC[C@H]2C3)cc1C. The lowest BCUT2D eigenvalue weighted by atomic mass is 9.94. The molecule has 3 atom stereocenters. The maximum atomic E-state index is 12.5. The second-order valence-corrected chi connectivity index (χ2v) is 6.51. The van der Waals surface area contributed by atoms with Crippen LogP contribution >= 0.6 is 0 Å². The lowest BCUT2D eigenvalue weighted by Gasteiger charge is -2.23. The minimum Gasteiger partial charge on any atom is -0.349 e. The van der Waals surface area contributed by atoms with Gasteiger partial charge in [-0.1, -0.05) is 12.5 Å². The van der Waals surface area contributed by atoms with Gasteiger partial charge in [0.15, 0.2) is 0 Å². The molecule has 1 N–H and O–H groups in total. The topological polar surface area (TPSA) is 29.1 Å². The molecule has 0 unspecified atom stereocenters. The van der Waals surface area contributed by atoms with Crippen LogP contribution in [0.25, 0.3) is 0 Å². The molecule has 1 aromatic carbocycles. The van der Waals surface area contributed by atoms with Crippen molar-refractivity contribution in [3.63, 3.8) is 0 Å². The summed E-state index contributed by atoms with van der Waals surface area (Å²) in [5, 5.41) is 3.28. The first-order chi connectivity index (χ1) is 9.04. The summed E-state index contributed by atoms with van der Waals surface area (Å²) in [5.41, 5.74) is 4.40. The van der Waals surface area contributed by atoms with Gasteiger partial charge >= 0.3 is 0 Å². The first kappa shape index (κ1) is 12.7. The molecular weight excluding hydrogens is 234 g/mol. The van der Waals surface area contributed by atoms with E-state index in [-0.39, 0.29) is 5.91 Å². The van der Waals surface area contributed by atoms with Crippen LogP contribution in [0.4, 0.5) is 0 Å². The van der Waals surface area contributed by atoms with E-state index in [1.54, 1.807) is 0 Å². The molecule has 0 aromatic heterocycles. The lowest BCUT2D eigenvalue weighted by molar-refractivity contribution is 0.0922. The van der Waals surface area contributed by atoms with E-state index < -0.39 is 0 Å². The Balaban J connectivity index is 1.75. The maximum absolute atomic E-state index is 12.5. The van der Waals surface area contributed by atoms with Crippen molar-refractivity contribution in [1.82, 2.24) is 5.32 Å². The lowest BCUT2D eigenvalue weighted by Crippen LogP contribution is -2.38. The van der Waals surface area contributed by atoms with Crippen molar-refractivity contribution in [2.24, 2.45) is 11.8 Å². The van der Waals surface area contributed by atoms with Crippen LogP contribution < -0.4 is 5.32 Å². The highest BCUT2D eigenvalue weighted by atomic mass is 16.1. The molecule has 2 aliphatic carbocycles. The third kappa shape index (κ3) is 2.29. The highest BCUT2D eigenvalue weighted by Gasteiger charge is 2.40. The van der Waals surface area contributed by atoms with Gasteiger partial charge in [0.2, 0.25) is 0 Å². The van der Waals surface area contributed by atoms with Crippen LogP contribution in [0.15, 0.2) is 12.1 Å². The molecule has 2 nitrogen and oxygen atoms in total. The summed E-state index contributed by atoms with van der Waals surface area (Å²) in [6.07, 6.45) is 5.21. The van der Waals surface area contributed by atoms with Crippen LogP contribution in [0.3, 0.4) is 0 Å². The molecule has 0 spiro atoms. The first-order valence-corrected chi connectivity index (χ1v) is 7.43. The Morgan fingerprint density at radius 3 is 2.42 bits per heavy atom. The molecule has 3 rings (SSSR count). The van der Waals surface area contributed by atoms with E-state index in [1.807, 2.05) is 13.0 Å². The van der Waals surface area contributed by atoms with Gasteiger partial charge in [0.1, 0.15) is 0 Å². The number of amides is 1. The zero-order valence-electron chi connectivity index (χ0n) is 12.1. The Kier molecular flexibility index (Phi) is 3.12. The van der Waals surface area contributed by atoms with Crippen molar-refractivity contribution in [1.29, 1.82) is 0 Å². The van der Waals surface area contributed by atoms with E-state index in [9.17, 15) is 4.79 Å². The van der Waals surface area contributed by atoms with Crippen molar-refractivity contribution in [2.75, 3.05) is 0 Å². The van der Waals surface area contributed by atoms with Gasteiger partial charge < -0.3 is 5.32 Å². The van der Waals surface area contributed by atoms with Crippen molar-refractivity contribution < 1.29 is 4.79 Å². The molecule has 19 heavy (non-hydrogen) atoms. The number of nitrogens with one attached hydrogen (secondary N) is 1. The number of rotatable bonds is 2. The standard InChI is InChI=1S/C17H23NO/c1-10-6-12(3)15(7-11(10)2)17(19)18-16-9-13-4-5-14(16)8-13/h6-7,13-14,16H,4-5,8-9H2,1-3H3,(H,18,19)/t13-,14-,16-/m0/s1. The quantitative estimate of drug-likeness (QED) is 0.862. The summed E-state index contributed by atoms with van der Waals surface area (Å²) in [4.78, 5) is 12.5. The Hall–Kier alpha value is -1.31. The highest BCUT2D eigenvalue weighted by molar-refractivity contribution is 5.96.